The zero-order chi connectivity index (χ0) is 17.5. The van der Waals surface area contributed by atoms with Crippen molar-refractivity contribution in [3.63, 3.8) is 0 Å². The van der Waals surface area contributed by atoms with Gasteiger partial charge in [0, 0.05) is 29.2 Å². The molecule has 0 saturated carbocycles. The second-order valence-corrected chi connectivity index (χ2v) is 6.35. The molecule has 2 rings (SSSR count). The first kappa shape index (κ1) is 18.4. The zero-order valence-electron chi connectivity index (χ0n) is 14.6. The first-order valence-corrected chi connectivity index (χ1v) is 8.77. The lowest BCUT2D eigenvalue weighted by atomic mass is 10.1. The van der Waals surface area contributed by atoms with Crippen molar-refractivity contribution in [1.29, 1.82) is 0 Å². The number of nitrogen functional groups attached to an aromatic ring is 1. The predicted molar refractivity (Wildman–Crippen MR) is 104 cm³/mol. The molecule has 0 aliphatic heterocycles. The van der Waals surface area contributed by atoms with Crippen molar-refractivity contribution in [3.8, 4) is 5.75 Å². The lowest BCUT2D eigenvalue weighted by Crippen LogP contribution is -2.18. The van der Waals surface area contributed by atoms with Gasteiger partial charge < -0.3 is 15.2 Å². The van der Waals surface area contributed by atoms with Gasteiger partial charge in [-0.05, 0) is 44.4 Å². The molecule has 1 heterocycles. The summed E-state index contributed by atoms with van der Waals surface area (Å²) in [5, 5.41) is 2.95. The van der Waals surface area contributed by atoms with Gasteiger partial charge in [0.05, 0.1) is 17.8 Å². The molecule has 5 heteroatoms. The Labute approximate surface area is 147 Å². The minimum atomic E-state index is -0.0628. The number of pyridine rings is 1. The highest BCUT2D eigenvalue weighted by Crippen LogP contribution is 2.34. The van der Waals surface area contributed by atoms with Gasteiger partial charge in [-0.25, -0.2) is 4.98 Å². The molecule has 1 atom stereocenters. The molecular formula is C19H24N2O2S. The maximum Gasteiger partial charge on any atom is 0.131 e. The van der Waals surface area contributed by atoms with Gasteiger partial charge >= 0.3 is 0 Å². The molecule has 0 bridgehead atoms. The highest BCUT2D eigenvalue weighted by Gasteiger charge is 2.13. The third-order valence-corrected chi connectivity index (χ3v) is 4.48. The number of thioether (sulfide) groups is 1. The Morgan fingerprint density at radius 1 is 1.33 bits per heavy atom. The monoisotopic (exact) mass is 344 g/mol. The topological polar surface area (TPSA) is 57.4 Å². The summed E-state index contributed by atoms with van der Waals surface area (Å²) in [6, 6.07) is 7.65. The molecule has 0 amide bonds. The summed E-state index contributed by atoms with van der Waals surface area (Å²) in [5.41, 5.74) is 8.38. The van der Waals surface area contributed by atoms with Crippen molar-refractivity contribution in [2.75, 3.05) is 19.5 Å². The number of hydrogen-bond donors (Lipinski definition) is 1. The second kappa shape index (κ2) is 8.76. The van der Waals surface area contributed by atoms with Gasteiger partial charge in [-0.2, -0.15) is 0 Å². The molecule has 2 N–H and O–H groups in total. The molecule has 0 saturated heterocycles. The van der Waals surface area contributed by atoms with Gasteiger partial charge in [0.15, 0.2) is 0 Å². The predicted octanol–water partition coefficient (Wildman–Crippen LogP) is 4.86. The fourth-order valence-electron chi connectivity index (χ4n) is 2.34. The lowest BCUT2D eigenvalue weighted by molar-refractivity contribution is 0.0930. The molecule has 128 valence electrons. The molecule has 2 aromatic rings. The van der Waals surface area contributed by atoms with Gasteiger partial charge in [-0.3, -0.25) is 0 Å². The van der Waals surface area contributed by atoms with Crippen LogP contribution in [0.5, 0.6) is 5.75 Å². The number of nitrogens with two attached hydrogens (primary N) is 1. The SMILES string of the molecule is C/C=C\S/C(=C\C)c1cc(OC(C)COC)c2cc(N)ccc2n1. The van der Waals surface area contributed by atoms with Crippen LogP contribution in [-0.4, -0.2) is 24.8 Å². The molecular weight excluding hydrogens is 320 g/mol. The number of allylic oxidation sites excluding steroid dienone is 2. The van der Waals surface area contributed by atoms with Crippen LogP contribution in [0.25, 0.3) is 15.8 Å². The maximum atomic E-state index is 6.09. The van der Waals surface area contributed by atoms with E-state index in [2.05, 4.69) is 6.08 Å². The summed E-state index contributed by atoms with van der Waals surface area (Å²) in [5.74, 6) is 0.771. The van der Waals surface area contributed by atoms with E-state index in [4.69, 9.17) is 20.2 Å². The molecule has 4 nitrogen and oxygen atoms in total. The average molecular weight is 344 g/mol. The van der Waals surface area contributed by atoms with Crippen LogP contribution < -0.4 is 10.5 Å². The van der Waals surface area contributed by atoms with Crippen molar-refractivity contribution >= 4 is 33.3 Å². The Hall–Kier alpha value is -1.98. The molecule has 1 aromatic carbocycles. The molecule has 0 fully saturated rings. The quantitative estimate of drug-likeness (QED) is 0.727. The van der Waals surface area contributed by atoms with Crippen LogP contribution in [0, 0.1) is 0 Å². The number of rotatable bonds is 7. The smallest absolute Gasteiger partial charge is 0.131 e. The van der Waals surface area contributed by atoms with E-state index in [9.17, 15) is 0 Å². The Morgan fingerprint density at radius 2 is 2.12 bits per heavy atom. The molecule has 0 aliphatic rings. The van der Waals surface area contributed by atoms with Crippen LogP contribution in [0.1, 0.15) is 26.5 Å². The van der Waals surface area contributed by atoms with Gasteiger partial charge in [-0.15, -0.1) is 0 Å². The number of anilines is 1. The van der Waals surface area contributed by atoms with Crippen molar-refractivity contribution < 1.29 is 9.47 Å². The van der Waals surface area contributed by atoms with Crippen LogP contribution in [0.15, 0.2) is 41.8 Å². The largest absolute Gasteiger partial charge is 0.488 e. The summed E-state index contributed by atoms with van der Waals surface area (Å²) >= 11 is 1.64. The fraction of sp³-hybridized carbons (Fsp3) is 0.316. The van der Waals surface area contributed by atoms with Crippen molar-refractivity contribution in [2.45, 2.75) is 26.9 Å². The number of hydrogen-bond acceptors (Lipinski definition) is 5. The summed E-state index contributed by atoms with van der Waals surface area (Å²) in [7, 11) is 1.67. The van der Waals surface area contributed by atoms with Crippen molar-refractivity contribution in [2.24, 2.45) is 0 Å². The molecule has 0 radical (unpaired) electrons. The fourth-order valence-corrected chi connectivity index (χ4v) is 2.98. The second-order valence-electron chi connectivity index (χ2n) is 5.41. The Kier molecular flexibility index (Phi) is 6.70. The first-order valence-electron chi connectivity index (χ1n) is 7.89. The number of nitrogens with zero attached hydrogens (tertiary/aromatic N) is 1. The van der Waals surface area contributed by atoms with E-state index < -0.39 is 0 Å². The number of aromatic nitrogens is 1. The molecule has 0 spiro atoms. The third kappa shape index (κ3) is 4.52. The Morgan fingerprint density at radius 3 is 2.79 bits per heavy atom. The average Bonchev–Trinajstić information content (AvgIpc) is 2.56. The molecule has 1 unspecified atom stereocenters. The van der Waals surface area contributed by atoms with Crippen molar-refractivity contribution in [3.05, 3.63) is 47.5 Å². The highest BCUT2D eigenvalue weighted by molar-refractivity contribution is 8.10. The van der Waals surface area contributed by atoms with E-state index in [-0.39, 0.29) is 6.10 Å². The van der Waals surface area contributed by atoms with Crippen LogP contribution in [0.3, 0.4) is 0 Å². The number of benzene rings is 1. The molecule has 24 heavy (non-hydrogen) atoms. The van der Waals surface area contributed by atoms with E-state index in [1.807, 2.05) is 56.5 Å². The zero-order valence-corrected chi connectivity index (χ0v) is 15.4. The minimum Gasteiger partial charge on any atom is -0.488 e. The third-order valence-electron chi connectivity index (χ3n) is 3.37. The van der Waals surface area contributed by atoms with Gasteiger partial charge in [-0.1, -0.05) is 23.9 Å². The summed E-state index contributed by atoms with van der Waals surface area (Å²) in [4.78, 5) is 5.84. The first-order chi connectivity index (χ1) is 11.6. The summed E-state index contributed by atoms with van der Waals surface area (Å²) in [6.45, 7) is 6.50. The number of methoxy groups -OCH3 is 1. The summed E-state index contributed by atoms with van der Waals surface area (Å²) < 4.78 is 11.3. The maximum absolute atomic E-state index is 6.09. The van der Waals surface area contributed by atoms with Crippen LogP contribution in [-0.2, 0) is 4.74 Å². The standard InChI is InChI=1S/C19H24N2O2S/c1-5-9-24-19(6-2)17-11-18(23-13(3)12-22-4)15-10-14(20)7-8-16(15)21-17/h5-11,13H,12,20H2,1-4H3/b9-5-,19-6-. The molecule has 0 aliphatic carbocycles. The van der Waals surface area contributed by atoms with Crippen LogP contribution in [0.2, 0.25) is 0 Å². The van der Waals surface area contributed by atoms with E-state index in [1.54, 1.807) is 18.9 Å². The van der Waals surface area contributed by atoms with Gasteiger partial charge in [0.25, 0.3) is 0 Å². The van der Waals surface area contributed by atoms with Gasteiger partial charge in [0.2, 0.25) is 0 Å². The lowest BCUT2D eigenvalue weighted by Gasteiger charge is -2.17. The van der Waals surface area contributed by atoms with E-state index in [0.29, 0.717) is 12.3 Å². The van der Waals surface area contributed by atoms with Crippen molar-refractivity contribution in [1.82, 2.24) is 4.98 Å². The normalized spacial score (nSPS) is 13.6. The van der Waals surface area contributed by atoms with Gasteiger partial charge in [0.1, 0.15) is 11.9 Å². The van der Waals surface area contributed by atoms with E-state index in [0.717, 1.165) is 27.3 Å². The van der Waals surface area contributed by atoms with Crippen LogP contribution in [0.4, 0.5) is 5.69 Å². The Balaban J connectivity index is 2.52. The van der Waals surface area contributed by atoms with Crippen LogP contribution >= 0.6 is 11.8 Å². The van der Waals surface area contributed by atoms with E-state index in [1.165, 1.54) is 0 Å². The minimum absolute atomic E-state index is 0.0628. The summed E-state index contributed by atoms with van der Waals surface area (Å²) in [6.07, 6.45) is 4.00. The Bertz CT molecular complexity index is 756. The number of ether oxygens (including phenoxy) is 2. The van der Waals surface area contributed by atoms with E-state index >= 15 is 0 Å². The highest BCUT2D eigenvalue weighted by atomic mass is 32.2. The number of fused-ring (bicyclic) bond motifs is 1. The molecule has 1 aromatic heterocycles.